The number of carbonyl (C=O) groups is 1. The second-order valence-corrected chi connectivity index (χ2v) is 14.5. The number of esters is 1. The molecule has 0 spiro atoms. The molecule has 4 aromatic rings. The van der Waals surface area contributed by atoms with Gasteiger partial charge in [0.25, 0.3) is 0 Å². The van der Waals surface area contributed by atoms with Gasteiger partial charge in [-0.3, -0.25) is 4.79 Å². The number of nitrogens with zero attached hydrogens (tertiary/aromatic N) is 3. The number of nitrogen functional groups attached to an aromatic ring is 1. The zero-order valence-corrected chi connectivity index (χ0v) is 30.1. The fourth-order valence-corrected chi connectivity index (χ4v) is 6.67. The van der Waals surface area contributed by atoms with Gasteiger partial charge in [-0.25, -0.2) is 8.89 Å². The van der Waals surface area contributed by atoms with Gasteiger partial charge in [-0.2, -0.15) is 36.7 Å². The number of hydrogen-bond acceptors (Lipinski definition) is 7. The highest BCUT2D eigenvalue weighted by Crippen LogP contribution is 2.60. The number of nitriles is 1. The maximum atomic E-state index is 12.7. The minimum atomic E-state index is -5.25. The zero-order chi connectivity index (χ0) is 38.8. The van der Waals surface area contributed by atoms with E-state index in [-0.39, 0.29) is 29.8 Å². The molecule has 1 fully saturated rings. The molecule has 5 rings (SSSR count). The first-order valence-corrected chi connectivity index (χ1v) is 17.0. The number of aromatic nitrogens is 2. The van der Waals surface area contributed by atoms with Gasteiger partial charge in [0, 0.05) is 0 Å². The highest BCUT2D eigenvalue weighted by Gasteiger charge is 2.61. The van der Waals surface area contributed by atoms with E-state index in [1.807, 2.05) is 54.6 Å². The maximum absolute atomic E-state index is 12.7. The number of benzene rings is 3. The van der Waals surface area contributed by atoms with Crippen molar-refractivity contribution in [3.63, 3.8) is 0 Å². The van der Waals surface area contributed by atoms with Crippen molar-refractivity contribution in [2.75, 3.05) is 5.73 Å². The van der Waals surface area contributed by atoms with E-state index in [9.17, 15) is 35.3 Å². The molecule has 1 heterocycles. The van der Waals surface area contributed by atoms with Crippen molar-refractivity contribution in [3.8, 4) is 23.3 Å². The van der Waals surface area contributed by atoms with Crippen LogP contribution in [0.1, 0.15) is 44.5 Å². The second-order valence-electron chi connectivity index (χ2n) is 12.3. The van der Waals surface area contributed by atoms with Gasteiger partial charge in [0.1, 0.15) is 40.6 Å². The molecule has 2 N–H and O–H groups in total. The number of hydrogen-bond donors (Lipinski definition) is 1. The number of ether oxygens (including phenoxy) is 2. The molecule has 276 valence electrons. The molecule has 8 nitrogen and oxygen atoms in total. The Balaban J connectivity index is 0.000000233. The lowest BCUT2D eigenvalue weighted by molar-refractivity contribution is -0.147. The van der Waals surface area contributed by atoms with Crippen molar-refractivity contribution < 1.29 is 44.8 Å². The number of carbonyl (C=O) groups excluding carboxylic acids is 1. The molecular weight excluding hydrogens is 757 g/mol. The van der Waals surface area contributed by atoms with Gasteiger partial charge in [0.2, 0.25) is 0 Å². The third kappa shape index (κ3) is 9.28. The first kappa shape index (κ1) is 40.3. The Kier molecular flexibility index (Phi) is 12.1. The summed E-state index contributed by atoms with van der Waals surface area (Å²) in [6.07, 6.45) is -2.61. The van der Waals surface area contributed by atoms with Crippen LogP contribution in [0, 0.1) is 28.6 Å². The molecule has 1 aliphatic rings. The molecule has 0 amide bonds. The molecule has 0 saturated heterocycles. The molecule has 52 heavy (non-hydrogen) atoms. The fraction of sp³-hybridized carbons (Fsp3) is 0.286. The molecule has 3 aromatic carbocycles. The van der Waals surface area contributed by atoms with Crippen molar-refractivity contribution in [2.45, 2.75) is 50.9 Å². The quantitative estimate of drug-likeness (QED) is 0.107. The van der Waals surface area contributed by atoms with Crippen LogP contribution in [0.25, 0.3) is 5.69 Å². The summed E-state index contributed by atoms with van der Waals surface area (Å²) in [5.41, 5.74) is -0.282. The topological polar surface area (TPSA) is 120 Å². The average molecular weight is 788 g/mol. The Morgan fingerprint density at radius 2 is 1.62 bits per heavy atom. The molecule has 1 aromatic heterocycles. The molecule has 17 heteroatoms. The van der Waals surface area contributed by atoms with Gasteiger partial charge in [0.05, 0.1) is 21.5 Å². The number of halogens is 8. The molecule has 0 aliphatic heterocycles. The van der Waals surface area contributed by atoms with E-state index in [0.717, 1.165) is 17.1 Å². The largest absolute Gasteiger partial charge is 0.476 e. The van der Waals surface area contributed by atoms with Gasteiger partial charge in [-0.15, -0.1) is 0 Å². The summed E-state index contributed by atoms with van der Waals surface area (Å²) in [7, 11) is -3.71. The van der Waals surface area contributed by atoms with Gasteiger partial charge >= 0.3 is 17.7 Å². The van der Waals surface area contributed by atoms with Crippen LogP contribution >= 0.6 is 23.2 Å². The summed E-state index contributed by atoms with van der Waals surface area (Å²) in [6.45, 7) is 8.64. The predicted octanol–water partition coefficient (Wildman–Crippen LogP) is 10.0. The first-order chi connectivity index (χ1) is 24.2. The van der Waals surface area contributed by atoms with Crippen LogP contribution in [0.2, 0.25) is 10.0 Å². The minimum Gasteiger partial charge on any atom is -0.461 e. The smallest absolute Gasteiger partial charge is 0.461 e. The van der Waals surface area contributed by atoms with Crippen LogP contribution in [0.3, 0.4) is 0 Å². The Hall–Kier alpha value is -4.52. The Morgan fingerprint density at radius 1 is 1.02 bits per heavy atom. The molecule has 1 saturated carbocycles. The number of nitrogens with two attached hydrogens (primary N) is 1. The summed E-state index contributed by atoms with van der Waals surface area (Å²) in [5.74, 6) is 0.714. The first-order valence-electron chi connectivity index (χ1n) is 15.1. The summed E-state index contributed by atoms with van der Waals surface area (Å²) in [5, 5.41) is 11.1. The van der Waals surface area contributed by atoms with Crippen molar-refractivity contribution in [3.05, 3.63) is 105 Å². The minimum absolute atomic E-state index is 0.0212. The van der Waals surface area contributed by atoms with Gasteiger partial charge in [-0.05, 0) is 67.1 Å². The molecule has 3 atom stereocenters. The highest BCUT2D eigenvalue weighted by molar-refractivity contribution is 7.86. The van der Waals surface area contributed by atoms with Gasteiger partial charge < -0.3 is 15.2 Å². The van der Waals surface area contributed by atoms with E-state index in [1.165, 1.54) is 11.6 Å². The zero-order valence-electron chi connectivity index (χ0n) is 27.8. The van der Waals surface area contributed by atoms with E-state index >= 15 is 0 Å². The number of rotatable bonds is 8. The number of alkyl halides is 6. The Morgan fingerprint density at radius 3 is 2.15 bits per heavy atom. The van der Waals surface area contributed by atoms with Crippen LogP contribution < -0.4 is 10.5 Å². The van der Waals surface area contributed by atoms with Gasteiger partial charge in [0.15, 0.2) is 16.5 Å². The van der Waals surface area contributed by atoms with E-state index < -0.39 is 60.2 Å². The molecule has 0 radical (unpaired) electrons. The van der Waals surface area contributed by atoms with Crippen LogP contribution in [0.15, 0.2) is 83.3 Å². The monoisotopic (exact) mass is 786 g/mol. The van der Waals surface area contributed by atoms with E-state index in [2.05, 4.69) is 38.9 Å². The van der Waals surface area contributed by atoms with Crippen molar-refractivity contribution in [1.29, 1.82) is 5.26 Å². The highest BCUT2D eigenvalue weighted by atomic mass is 35.5. The van der Waals surface area contributed by atoms with Crippen LogP contribution in [-0.2, 0) is 33.1 Å². The standard InChI is InChI=1S/C23H26O3.C12H4Cl2F6N4OS/c1-16(2)13-20-21(23(20,3)4)22(24)25-15-17-9-8-12-19(14-17)26-18-10-6-5-7-11-18;13-5-1-4(11(15,16)17)2-6(14)8(5)24-10(22)9(7(3-21)23-24)26(25)12(18,19)20/h5-14,20-21H,15H2,1-4H3;1-2H,22H2. The molecule has 3 unspecified atom stereocenters. The summed E-state index contributed by atoms with van der Waals surface area (Å²) in [6, 6.07) is 19.5. The number of para-hydroxylation sites is 1. The van der Waals surface area contributed by atoms with Crippen LogP contribution in [0.5, 0.6) is 11.5 Å². The van der Waals surface area contributed by atoms with Gasteiger partial charge in [-0.1, -0.05) is 79.0 Å². The Labute approximate surface area is 307 Å². The predicted molar refractivity (Wildman–Crippen MR) is 183 cm³/mol. The average Bonchev–Trinajstić information content (AvgIpc) is 3.42. The second kappa shape index (κ2) is 15.6. The number of anilines is 1. The summed E-state index contributed by atoms with van der Waals surface area (Å²) in [4.78, 5) is 11.3. The van der Waals surface area contributed by atoms with E-state index in [4.69, 9.17) is 43.7 Å². The van der Waals surface area contributed by atoms with Crippen molar-refractivity contribution in [1.82, 2.24) is 9.78 Å². The normalized spacial score (nSPS) is 16.8. The lowest BCUT2D eigenvalue weighted by Gasteiger charge is -2.13. The van der Waals surface area contributed by atoms with Crippen LogP contribution in [-0.4, -0.2) is 25.5 Å². The summed E-state index contributed by atoms with van der Waals surface area (Å²) >= 11 is 11.5. The van der Waals surface area contributed by atoms with Crippen molar-refractivity contribution in [2.24, 2.45) is 17.3 Å². The van der Waals surface area contributed by atoms with Crippen molar-refractivity contribution >= 4 is 45.8 Å². The molecule has 0 bridgehead atoms. The Bertz CT molecular complexity index is 2030. The third-order valence-corrected chi connectivity index (χ3v) is 9.64. The lowest BCUT2D eigenvalue weighted by Crippen LogP contribution is -2.18. The molecule has 1 aliphatic carbocycles. The number of allylic oxidation sites excluding steroid dienone is 2. The SMILES string of the molecule is CC(C)=CC1C(C(=O)OCc2cccc(Oc3ccccc3)c2)C1(C)C.N#Cc1nn(-c2c(Cl)cc(C(F)(F)F)cc2Cl)c(N)c1S(=O)C(F)(F)F. The summed E-state index contributed by atoms with van der Waals surface area (Å²) < 4.78 is 99.8. The third-order valence-electron chi connectivity index (χ3n) is 7.87. The fourth-order valence-electron chi connectivity index (χ4n) is 5.26. The maximum Gasteiger partial charge on any atom is 0.476 e. The van der Waals surface area contributed by atoms with E-state index in [1.54, 1.807) is 0 Å². The van der Waals surface area contributed by atoms with Crippen LogP contribution in [0.4, 0.5) is 32.2 Å². The lowest BCUT2D eigenvalue weighted by atomic mass is 10.1. The molecular formula is C35H30Cl2F6N4O4S. The van der Waals surface area contributed by atoms with E-state index in [0.29, 0.717) is 16.8 Å².